The van der Waals surface area contributed by atoms with E-state index < -0.39 is 0 Å². The van der Waals surface area contributed by atoms with Crippen LogP contribution in [-0.4, -0.2) is 9.97 Å². The van der Waals surface area contributed by atoms with Gasteiger partial charge < -0.3 is 4.42 Å². The van der Waals surface area contributed by atoms with E-state index in [9.17, 15) is 0 Å². The molecule has 2 aliphatic carbocycles. The first kappa shape index (κ1) is 31.9. The number of para-hydroxylation sites is 1. The van der Waals surface area contributed by atoms with Crippen LogP contribution in [0.15, 0.2) is 174 Å². The third-order valence-electron chi connectivity index (χ3n) is 12.1. The summed E-state index contributed by atoms with van der Waals surface area (Å²) in [4.78, 5) is 10.3. The zero-order valence-corrected chi connectivity index (χ0v) is 30.5. The van der Waals surface area contributed by atoms with E-state index in [2.05, 4.69) is 146 Å². The van der Waals surface area contributed by atoms with E-state index in [1.807, 2.05) is 24.3 Å². The Morgan fingerprint density at radius 1 is 0.418 bits per heavy atom. The summed E-state index contributed by atoms with van der Waals surface area (Å²) in [5, 5.41) is 2.19. The van der Waals surface area contributed by atoms with E-state index >= 15 is 0 Å². The lowest BCUT2D eigenvalue weighted by atomic mass is 9.68. The van der Waals surface area contributed by atoms with Gasteiger partial charge in [0.15, 0.2) is 5.82 Å². The van der Waals surface area contributed by atoms with Crippen LogP contribution in [0.4, 0.5) is 0 Å². The minimum Gasteiger partial charge on any atom is -0.455 e. The summed E-state index contributed by atoms with van der Waals surface area (Å²) in [6, 6.07) is 60.7. The van der Waals surface area contributed by atoms with Crippen molar-refractivity contribution in [1.82, 2.24) is 9.97 Å². The maximum absolute atomic E-state index is 6.81. The summed E-state index contributed by atoms with van der Waals surface area (Å²) >= 11 is 0. The number of hydrogen-bond acceptors (Lipinski definition) is 3. The molecule has 55 heavy (non-hydrogen) atoms. The highest BCUT2D eigenvalue weighted by atomic mass is 16.3. The minimum atomic E-state index is 0.107. The van der Waals surface area contributed by atoms with Crippen molar-refractivity contribution in [2.45, 2.75) is 37.5 Å². The van der Waals surface area contributed by atoms with Crippen LogP contribution in [0, 0.1) is 0 Å². The fraction of sp³-hybridized carbons (Fsp3) is 0.115. The van der Waals surface area contributed by atoms with E-state index in [-0.39, 0.29) is 5.41 Å². The fourth-order valence-electron chi connectivity index (χ4n) is 9.52. The quantitative estimate of drug-likeness (QED) is 0.179. The lowest BCUT2D eigenvalue weighted by molar-refractivity contribution is 0.353. The van der Waals surface area contributed by atoms with Crippen molar-refractivity contribution >= 4 is 21.9 Å². The number of fused-ring (bicyclic) bond motifs is 8. The topological polar surface area (TPSA) is 38.9 Å². The van der Waals surface area contributed by atoms with Crippen LogP contribution < -0.4 is 0 Å². The predicted octanol–water partition coefficient (Wildman–Crippen LogP) is 13.9. The molecule has 1 saturated carbocycles. The Labute approximate surface area is 321 Å². The summed E-state index contributed by atoms with van der Waals surface area (Å²) in [6.07, 6.45) is 6.31. The Morgan fingerprint density at radius 3 is 1.82 bits per heavy atom. The molecule has 0 amide bonds. The van der Waals surface area contributed by atoms with E-state index in [1.54, 1.807) is 0 Å². The molecule has 2 heterocycles. The number of rotatable bonds is 5. The molecular formula is C52H38N2O. The largest absolute Gasteiger partial charge is 0.455 e. The van der Waals surface area contributed by atoms with Gasteiger partial charge in [0.1, 0.15) is 11.2 Å². The van der Waals surface area contributed by atoms with E-state index in [0.29, 0.717) is 5.82 Å². The summed E-state index contributed by atoms with van der Waals surface area (Å²) < 4.78 is 6.81. The van der Waals surface area contributed by atoms with Gasteiger partial charge in [0, 0.05) is 38.4 Å². The first-order chi connectivity index (χ1) is 27.2. The van der Waals surface area contributed by atoms with E-state index in [0.717, 1.165) is 55.6 Å². The average Bonchev–Trinajstić information content (AvgIpc) is 3.77. The first-order valence-corrected chi connectivity index (χ1v) is 19.5. The zero-order chi connectivity index (χ0) is 36.3. The molecular weight excluding hydrogens is 669 g/mol. The summed E-state index contributed by atoms with van der Waals surface area (Å²) in [7, 11) is 0. The third-order valence-corrected chi connectivity index (χ3v) is 12.1. The lowest BCUT2D eigenvalue weighted by Gasteiger charge is -2.36. The van der Waals surface area contributed by atoms with Crippen molar-refractivity contribution < 1.29 is 4.42 Å². The van der Waals surface area contributed by atoms with Gasteiger partial charge in [-0.05, 0) is 76.1 Å². The SMILES string of the molecule is c1ccc(-c2ccc(-c3cc(-c4ccc5oc6c(-c7cccc8c7-c7ccccc7C87CCCCC7)cccc6c5c4)nc(-c4ccccc4)n3)cc2)cc1. The van der Waals surface area contributed by atoms with Crippen molar-refractivity contribution in [3.63, 3.8) is 0 Å². The van der Waals surface area contributed by atoms with Crippen LogP contribution in [-0.2, 0) is 5.41 Å². The van der Waals surface area contributed by atoms with Crippen molar-refractivity contribution in [2.75, 3.05) is 0 Å². The number of benzene rings is 7. The lowest BCUT2D eigenvalue weighted by Crippen LogP contribution is -2.27. The van der Waals surface area contributed by atoms with Gasteiger partial charge in [0.25, 0.3) is 0 Å². The van der Waals surface area contributed by atoms with Crippen LogP contribution in [0.25, 0.3) is 89.2 Å². The number of hydrogen-bond donors (Lipinski definition) is 0. The van der Waals surface area contributed by atoms with Crippen LogP contribution in [0.1, 0.15) is 43.2 Å². The maximum atomic E-state index is 6.81. The molecule has 1 fully saturated rings. The Kier molecular flexibility index (Phi) is 7.41. The molecule has 0 unspecified atom stereocenters. The molecule has 0 N–H and O–H groups in total. The van der Waals surface area contributed by atoms with Gasteiger partial charge >= 0.3 is 0 Å². The number of furan rings is 1. The van der Waals surface area contributed by atoms with E-state index in [1.165, 1.54) is 71.0 Å². The molecule has 0 radical (unpaired) electrons. The standard InChI is InChI=1S/C52H38N2O/c1-4-14-34(15-5-1)35-24-26-36(27-25-35)46-33-47(54-51(53-46)37-16-6-2-7-17-37)38-28-29-48-43(32-38)41-21-12-20-40(50(41)55-48)39-19-13-23-45-49(39)42-18-8-9-22-44(42)52(45)30-10-3-11-31-52/h1-2,4-9,12-29,32-33H,3,10-11,30-31H2. The molecule has 2 aliphatic rings. The molecule has 11 rings (SSSR count). The second-order valence-corrected chi connectivity index (χ2v) is 15.2. The predicted molar refractivity (Wildman–Crippen MR) is 226 cm³/mol. The minimum absolute atomic E-state index is 0.107. The number of aromatic nitrogens is 2. The van der Waals surface area contributed by atoms with Gasteiger partial charge in [-0.25, -0.2) is 9.97 Å². The Balaban J connectivity index is 1.04. The average molecular weight is 707 g/mol. The second-order valence-electron chi connectivity index (χ2n) is 15.2. The van der Waals surface area contributed by atoms with Gasteiger partial charge in [0.05, 0.1) is 11.4 Å². The van der Waals surface area contributed by atoms with Gasteiger partial charge in [-0.15, -0.1) is 0 Å². The van der Waals surface area contributed by atoms with Gasteiger partial charge in [-0.2, -0.15) is 0 Å². The third kappa shape index (κ3) is 5.18. The summed E-state index contributed by atoms with van der Waals surface area (Å²) in [5.41, 5.74) is 17.3. The molecule has 262 valence electrons. The van der Waals surface area contributed by atoms with Gasteiger partial charge in [0.2, 0.25) is 0 Å². The molecule has 0 aliphatic heterocycles. The smallest absolute Gasteiger partial charge is 0.160 e. The molecule has 7 aromatic carbocycles. The molecule has 0 saturated heterocycles. The Morgan fingerprint density at radius 2 is 1.02 bits per heavy atom. The molecule has 0 atom stereocenters. The highest BCUT2D eigenvalue weighted by Crippen LogP contribution is 2.58. The van der Waals surface area contributed by atoms with Crippen molar-refractivity contribution in [2.24, 2.45) is 0 Å². The second kappa shape index (κ2) is 12.8. The Bertz CT molecular complexity index is 2880. The highest BCUT2D eigenvalue weighted by Gasteiger charge is 2.44. The summed E-state index contributed by atoms with van der Waals surface area (Å²) in [5.74, 6) is 0.702. The van der Waals surface area contributed by atoms with Crippen LogP contribution >= 0.6 is 0 Å². The normalized spacial score (nSPS) is 14.3. The molecule has 3 heteroatoms. The van der Waals surface area contributed by atoms with Gasteiger partial charge in [-0.1, -0.05) is 165 Å². The molecule has 9 aromatic rings. The number of nitrogens with zero attached hydrogens (tertiary/aromatic N) is 2. The van der Waals surface area contributed by atoms with Crippen molar-refractivity contribution in [1.29, 1.82) is 0 Å². The van der Waals surface area contributed by atoms with Crippen LogP contribution in [0.3, 0.4) is 0 Å². The fourth-order valence-corrected chi connectivity index (χ4v) is 9.52. The zero-order valence-electron chi connectivity index (χ0n) is 30.5. The van der Waals surface area contributed by atoms with Crippen LogP contribution in [0.2, 0.25) is 0 Å². The van der Waals surface area contributed by atoms with Crippen molar-refractivity contribution in [3.05, 3.63) is 181 Å². The van der Waals surface area contributed by atoms with Gasteiger partial charge in [-0.3, -0.25) is 0 Å². The molecule has 1 spiro atoms. The maximum Gasteiger partial charge on any atom is 0.160 e. The van der Waals surface area contributed by atoms with Crippen LogP contribution in [0.5, 0.6) is 0 Å². The molecule has 0 bridgehead atoms. The monoisotopic (exact) mass is 706 g/mol. The Hall–Kier alpha value is -6.58. The first-order valence-electron chi connectivity index (χ1n) is 19.5. The summed E-state index contributed by atoms with van der Waals surface area (Å²) in [6.45, 7) is 0. The molecule has 3 nitrogen and oxygen atoms in total. The molecule has 2 aromatic heterocycles. The van der Waals surface area contributed by atoms with E-state index in [4.69, 9.17) is 14.4 Å². The van der Waals surface area contributed by atoms with Crippen molar-refractivity contribution in [3.8, 4) is 67.3 Å². The highest BCUT2D eigenvalue weighted by molar-refractivity contribution is 6.12.